The van der Waals surface area contributed by atoms with Crippen LogP contribution in [0.4, 0.5) is 5.88 Å². The minimum Gasteiger partial charge on any atom is -0.338 e. The molecule has 2 aromatic heterocycles. The van der Waals surface area contributed by atoms with E-state index in [1.54, 1.807) is 13.0 Å². The summed E-state index contributed by atoms with van der Waals surface area (Å²) in [5.41, 5.74) is 0.612. The Morgan fingerprint density at radius 3 is 2.90 bits per heavy atom. The van der Waals surface area contributed by atoms with E-state index in [-0.39, 0.29) is 17.1 Å². The van der Waals surface area contributed by atoms with Gasteiger partial charge in [-0.05, 0) is 19.4 Å². The highest BCUT2D eigenvalue weighted by atomic mass is 16.5. The zero-order valence-corrected chi connectivity index (χ0v) is 11.4. The molecule has 0 fully saturated rings. The van der Waals surface area contributed by atoms with Gasteiger partial charge in [0, 0.05) is 18.7 Å². The Hall–Kier alpha value is -2.44. The Labute approximate surface area is 115 Å². The quantitative estimate of drug-likeness (QED) is 0.895. The molecule has 0 saturated heterocycles. The maximum Gasteiger partial charge on any atom is 0.278 e. The van der Waals surface area contributed by atoms with Crippen LogP contribution in [0, 0.1) is 6.92 Å². The molecule has 7 heteroatoms. The van der Waals surface area contributed by atoms with Crippen molar-refractivity contribution in [3.63, 3.8) is 0 Å². The van der Waals surface area contributed by atoms with Gasteiger partial charge in [-0.25, -0.2) is 4.68 Å². The van der Waals surface area contributed by atoms with Crippen molar-refractivity contribution in [2.75, 3.05) is 5.32 Å². The molecule has 0 aliphatic heterocycles. The van der Waals surface area contributed by atoms with Crippen molar-refractivity contribution in [2.45, 2.75) is 33.2 Å². The zero-order chi connectivity index (χ0) is 14.5. The minimum absolute atomic E-state index is 0.162. The number of unbranched alkanes of at least 4 members (excludes halogenated alkanes) is 1. The molecule has 0 unspecified atom stereocenters. The van der Waals surface area contributed by atoms with E-state index in [0.717, 1.165) is 12.8 Å². The van der Waals surface area contributed by atoms with Gasteiger partial charge in [0.25, 0.3) is 11.5 Å². The van der Waals surface area contributed by atoms with Gasteiger partial charge >= 0.3 is 0 Å². The molecule has 0 bridgehead atoms. The summed E-state index contributed by atoms with van der Waals surface area (Å²) in [4.78, 5) is 23.6. The number of hydrogen-bond donors (Lipinski definition) is 1. The van der Waals surface area contributed by atoms with Gasteiger partial charge in [0.05, 0.1) is 5.69 Å². The number of anilines is 1. The number of aryl methyl sites for hydroxylation is 2. The lowest BCUT2D eigenvalue weighted by Gasteiger charge is -2.05. The summed E-state index contributed by atoms with van der Waals surface area (Å²) in [6.45, 7) is 4.27. The monoisotopic (exact) mass is 276 g/mol. The first-order valence-electron chi connectivity index (χ1n) is 6.43. The van der Waals surface area contributed by atoms with Crippen molar-refractivity contribution in [1.82, 2.24) is 14.9 Å². The number of hydrogen-bond acceptors (Lipinski definition) is 5. The first-order valence-corrected chi connectivity index (χ1v) is 6.43. The van der Waals surface area contributed by atoms with Crippen LogP contribution < -0.4 is 10.9 Å². The van der Waals surface area contributed by atoms with Crippen LogP contribution >= 0.6 is 0 Å². The van der Waals surface area contributed by atoms with E-state index < -0.39 is 5.91 Å². The second kappa shape index (κ2) is 6.14. The first kappa shape index (κ1) is 14.0. The lowest BCUT2D eigenvalue weighted by Crippen LogP contribution is -2.26. The number of nitrogens with zero attached hydrogens (tertiary/aromatic N) is 3. The van der Waals surface area contributed by atoms with Crippen molar-refractivity contribution < 1.29 is 9.32 Å². The predicted molar refractivity (Wildman–Crippen MR) is 72.6 cm³/mol. The van der Waals surface area contributed by atoms with Crippen LogP contribution in [0.25, 0.3) is 0 Å². The third kappa shape index (κ3) is 3.31. The fraction of sp³-hybridized carbons (Fsp3) is 0.385. The SMILES string of the molecule is CCCCn1nc(C(=O)Nc2cc(C)no2)ccc1=O. The van der Waals surface area contributed by atoms with Gasteiger partial charge in [-0.2, -0.15) is 5.10 Å². The molecule has 1 amide bonds. The summed E-state index contributed by atoms with van der Waals surface area (Å²) in [5.74, 6) is -0.188. The van der Waals surface area contributed by atoms with Gasteiger partial charge in [-0.3, -0.25) is 14.9 Å². The Balaban J connectivity index is 2.15. The predicted octanol–water partition coefficient (Wildman–Crippen LogP) is 1.59. The summed E-state index contributed by atoms with van der Waals surface area (Å²) in [6, 6.07) is 4.33. The van der Waals surface area contributed by atoms with Crippen LogP contribution in [-0.2, 0) is 6.54 Å². The van der Waals surface area contributed by atoms with Crippen molar-refractivity contribution in [3.05, 3.63) is 39.9 Å². The maximum atomic E-state index is 12.0. The molecule has 7 nitrogen and oxygen atoms in total. The Kier molecular flexibility index (Phi) is 4.29. The van der Waals surface area contributed by atoms with Crippen molar-refractivity contribution in [3.8, 4) is 0 Å². The van der Waals surface area contributed by atoms with Crippen molar-refractivity contribution >= 4 is 11.8 Å². The highest BCUT2D eigenvalue weighted by Crippen LogP contribution is 2.09. The Morgan fingerprint density at radius 1 is 1.45 bits per heavy atom. The third-order valence-electron chi connectivity index (χ3n) is 2.69. The average molecular weight is 276 g/mol. The number of carbonyl (C=O) groups excluding carboxylic acids is 1. The molecule has 0 atom stereocenters. The van der Waals surface area contributed by atoms with Crippen LogP contribution in [0.2, 0.25) is 0 Å². The second-order valence-electron chi connectivity index (χ2n) is 4.42. The highest BCUT2D eigenvalue weighted by molar-refractivity contribution is 6.01. The van der Waals surface area contributed by atoms with Gasteiger partial charge < -0.3 is 4.52 Å². The number of nitrogens with one attached hydrogen (secondary N) is 1. The third-order valence-corrected chi connectivity index (χ3v) is 2.69. The van der Waals surface area contributed by atoms with Crippen LogP contribution in [-0.4, -0.2) is 20.8 Å². The fourth-order valence-electron chi connectivity index (χ4n) is 1.64. The molecule has 0 aromatic carbocycles. The molecule has 0 aliphatic rings. The van der Waals surface area contributed by atoms with Gasteiger partial charge in [0.15, 0.2) is 0 Å². The smallest absolute Gasteiger partial charge is 0.278 e. The molecule has 2 heterocycles. The lowest BCUT2D eigenvalue weighted by molar-refractivity contribution is 0.101. The molecular weight excluding hydrogens is 260 g/mol. The normalized spacial score (nSPS) is 10.5. The minimum atomic E-state index is -0.439. The van der Waals surface area contributed by atoms with Crippen LogP contribution in [0.15, 0.2) is 27.5 Å². The average Bonchev–Trinajstić information content (AvgIpc) is 2.83. The summed E-state index contributed by atoms with van der Waals surface area (Å²) in [7, 11) is 0. The van der Waals surface area contributed by atoms with Gasteiger partial charge in [-0.15, -0.1) is 0 Å². The molecule has 106 valence electrons. The van der Waals surface area contributed by atoms with Gasteiger partial charge in [-0.1, -0.05) is 18.5 Å². The van der Waals surface area contributed by atoms with E-state index >= 15 is 0 Å². The van der Waals surface area contributed by atoms with Gasteiger partial charge in [0.2, 0.25) is 5.88 Å². The molecule has 2 aromatic rings. The van der Waals surface area contributed by atoms with Crippen LogP contribution in [0.1, 0.15) is 35.9 Å². The first-order chi connectivity index (χ1) is 9.60. The highest BCUT2D eigenvalue weighted by Gasteiger charge is 2.12. The molecule has 0 radical (unpaired) electrons. The Bertz CT molecular complexity index is 660. The largest absolute Gasteiger partial charge is 0.338 e. The summed E-state index contributed by atoms with van der Waals surface area (Å²) in [6.07, 6.45) is 1.78. The van der Waals surface area contributed by atoms with E-state index in [2.05, 4.69) is 15.6 Å². The van der Waals surface area contributed by atoms with E-state index in [4.69, 9.17) is 4.52 Å². The van der Waals surface area contributed by atoms with E-state index in [1.165, 1.54) is 16.8 Å². The maximum absolute atomic E-state index is 12.0. The van der Waals surface area contributed by atoms with E-state index in [1.807, 2.05) is 6.92 Å². The molecule has 0 saturated carbocycles. The van der Waals surface area contributed by atoms with Crippen molar-refractivity contribution in [1.29, 1.82) is 0 Å². The van der Waals surface area contributed by atoms with Crippen LogP contribution in [0.5, 0.6) is 0 Å². The number of amides is 1. The molecule has 0 spiro atoms. The molecule has 2 rings (SSSR count). The topological polar surface area (TPSA) is 90.0 Å². The van der Waals surface area contributed by atoms with Crippen LogP contribution in [0.3, 0.4) is 0 Å². The standard InChI is InChI=1S/C13H16N4O3/c1-3-4-7-17-12(18)6-5-10(15-17)13(19)14-11-8-9(2)16-20-11/h5-6,8H,3-4,7H2,1-2H3,(H,14,19). The molecular formula is C13H16N4O3. The lowest BCUT2D eigenvalue weighted by atomic mass is 10.3. The summed E-state index contributed by atoms with van der Waals surface area (Å²) in [5, 5.41) is 10.2. The molecule has 1 N–H and O–H groups in total. The molecule has 20 heavy (non-hydrogen) atoms. The number of aromatic nitrogens is 3. The van der Waals surface area contributed by atoms with E-state index in [0.29, 0.717) is 12.2 Å². The zero-order valence-electron chi connectivity index (χ0n) is 11.4. The summed E-state index contributed by atoms with van der Waals surface area (Å²) < 4.78 is 6.19. The fourth-order valence-corrected chi connectivity index (χ4v) is 1.64. The second-order valence-corrected chi connectivity index (χ2v) is 4.42. The molecule has 0 aliphatic carbocycles. The van der Waals surface area contributed by atoms with E-state index in [9.17, 15) is 9.59 Å². The van der Waals surface area contributed by atoms with Gasteiger partial charge in [0.1, 0.15) is 5.69 Å². The number of rotatable bonds is 5. The Morgan fingerprint density at radius 2 is 2.25 bits per heavy atom. The van der Waals surface area contributed by atoms with Crippen molar-refractivity contribution in [2.24, 2.45) is 0 Å². The number of carbonyl (C=O) groups is 1. The summed E-state index contributed by atoms with van der Waals surface area (Å²) >= 11 is 0.